The Morgan fingerprint density at radius 2 is 2.23 bits per heavy atom. The standard InChI is InChI=1S/C11H12FN/c12-10-3-4-11-8(5-6-13)1-2-9(11)7-10/h1-4,7-8H,5-6,13H2. The fourth-order valence-electron chi connectivity index (χ4n) is 1.78. The van der Waals surface area contributed by atoms with Crippen molar-refractivity contribution in [3.63, 3.8) is 0 Å². The summed E-state index contributed by atoms with van der Waals surface area (Å²) in [5.74, 6) is 0.220. The van der Waals surface area contributed by atoms with Crippen molar-refractivity contribution in [2.45, 2.75) is 12.3 Å². The van der Waals surface area contributed by atoms with Gasteiger partial charge in [-0.2, -0.15) is 0 Å². The highest BCUT2D eigenvalue weighted by Gasteiger charge is 2.16. The summed E-state index contributed by atoms with van der Waals surface area (Å²) < 4.78 is 12.8. The van der Waals surface area contributed by atoms with Crippen LogP contribution in [0.1, 0.15) is 23.5 Å². The molecule has 1 atom stereocenters. The lowest BCUT2D eigenvalue weighted by atomic mass is 9.98. The van der Waals surface area contributed by atoms with E-state index in [0.717, 1.165) is 12.0 Å². The quantitative estimate of drug-likeness (QED) is 0.736. The van der Waals surface area contributed by atoms with Crippen LogP contribution in [0.3, 0.4) is 0 Å². The molecule has 1 nitrogen and oxygen atoms in total. The highest BCUT2D eigenvalue weighted by Crippen LogP contribution is 2.32. The van der Waals surface area contributed by atoms with E-state index in [2.05, 4.69) is 6.08 Å². The molecule has 1 aliphatic carbocycles. The second-order valence-corrected chi connectivity index (χ2v) is 3.32. The van der Waals surface area contributed by atoms with Gasteiger partial charge in [-0.15, -0.1) is 0 Å². The summed E-state index contributed by atoms with van der Waals surface area (Å²) in [7, 11) is 0. The summed E-state index contributed by atoms with van der Waals surface area (Å²) in [4.78, 5) is 0. The maximum Gasteiger partial charge on any atom is 0.123 e. The highest BCUT2D eigenvalue weighted by molar-refractivity contribution is 5.62. The van der Waals surface area contributed by atoms with Crippen LogP contribution in [-0.2, 0) is 0 Å². The van der Waals surface area contributed by atoms with Gasteiger partial charge in [0.05, 0.1) is 0 Å². The molecule has 0 aliphatic heterocycles. The first-order valence-electron chi connectivity index (χ1n) is 4.49. The molecule has 0 amide bonds. The number of rotatable bonds is 2. The van der Waals surface area contributed by atoms with Gasteiger partial charge in [-0.3, -0.25) is 0 Å². The lowest BCUT2D eigenvalue weighted by Gasteiger charge is -2.08. The first-order chi connectivity index (χ1) is 6.31. The third-order valence-corrected chi connectivity index (χ3v) is 2.43. The number of allylic oxidation sites excluding steroid dienone is 1. The van der Waals surface area contributed by atoms with Crippen LogP contribution in [0.15, 0.2) is 24.3 Å². The van der Waals surface area contributed by atoms with Crippen molar-refractivity contribution in [3.05, 3.63) is 41.2 Å². The largest absolute Gasteiger partial charge is 0.330 e. The van der Waals surface area contributed by atoms with Crippen LogP contribution in [0.25, 0.3) is 6.08 Å². The Hall–Kier alpha value is -1.15. The van der Waals surface area contributed by atoms with E-state index in [1.54, 1.807) is 6.07 Å². The van der Waals surface area contributed by atoms with E-state index < -0.39 is 0 Å². The van der Waals surface area contributed by atoms with Crippen molar-refractivity contribution in [2.75, 3.05) is 6.54 Å². The van der Waals surface area contributed by atoms with E-state index in [0.29, 0.717) is 12.5 Å². The molecule has 2 rings (SSSR count). The number of benzene rings is 1. The summed E-state index contributed by atoms with van der Waals surface area (Å²) in [6.45, 7) is 0.672. The molecule has 1 aliphatic rings. The Morgan fingerprint density at radius 1 is 1.38 bits per heavy atom. The maximum atomic E-state index is 12.8. The Bertz CT molecular complexity index is 344. The van der Waals surface area contributed by atoms with E-state index in [4.69, 9.17) is 5.73 Å². The summed E-state index contributed by atoms with van der Waals surface area (Å²) in [6.07, 6.45) is 5.00. The SMILES string of the molecule is NCCC1C=Cc2cc(F)ccc21. The average Bonchev–Trinajstić information content (AvgIpc) is 2.49. The molecule has 2 heteroatoms. The fraction of sp³-hybridized carbons (Fsp3) is 0.273. The molecule has 2 N–H and O–H groups in total. The monoisotopic (exact) mass is 177 g/mol. The third kappa shape index (κ3) is 1.49. The molecule has 0 fully saturated rings. The highest BCUT2D eigenvalue weighted by atomic mass is 19.1. The summed E-state index contributed by atoms with van der Waals surface area (Å²) in [5, 5.41) is 0. The van der Waals surface area contributed by atoms with Crippen molar-refractivity contribution in [3.8, 4) is 0 Å². The molecular formula is C11H12FN. The molecule has 68 valence electrons. The lowest BCUT2D eigenvalue weighted by molar-refractivity contribution is 0.626. The van der Waals surface area contributed by atoms with Crippen LogP contribution in [0.4, 0.5) is 4.39 Å². The molecule has 0 aromatic heterocycles. The molecule has 0 saturated heterocycles. The topological polar surface area (TPSA) is 26.0 Å². The lowest BCUT2D eigenvalue weighted by Crippen LogP contribution is -2.04. The zero-order valence-electron chi connectivity index (χ0n) is 7.33. The zero-order chi connectivity index (χ0) is 9.26. The second-order valence-electron chi connectivity index (χ2n) is 3.32. The average molecular weight is 177 g/mol. The number of fused-ring (bicyclic) bond motifs is 1. The third-order valence-electron chi connectivity index (χ3n) is 2.43. The summed E-state index contributed by atoms with van der Waals surface area (Å²) in [6, 6.07) is 4.93. The van der Waals surface area contributed by atoms with Crippen molar-refractivity contribution < 1.29 is 4.39 Å². The van der Waals surface area contributed by atoms with Gasteiger partial charge >= 0.3 is 0 Å². The summed E-state index contributed by atoms with van der Waals surface area (Å²) >= 11 is 0. The van der Waals surface area contributed by atoms with E-state index in [9.17, 15) is 4.39 Å². The van der Waals surface area contributed by atoms with Crippen molar-refractivity contribution >= 4 is 6.08 Å². The minimum absolute atomic E-state index is 0.170. The molecule has 0 spiro atoms. The van der Waals surface area contributed by atoms with Gasteiger partial charge in [-0.05, 0) is 36.2 Å². The molecular weight excluding hydrogens is 165 g/mol. The van der Waals surface area contributed by atoms with Crippen molar-refractivity contribution in [1.29, 1.82) is 0 Å². The predicted octanol–water partition coefficient (Wildman–Crippen LogP) is 2.28. The molecule has 0 saturated carbocycles. The second kappa shape index (κ2) is 3.30. The Balaban J connectivity index is 2.32. The van der Waals surface area contributed by atoms with E-state index in [1.807, 2.05) is 12.1 Å². The summed E-state index contributed by atoms with van der Waals surface area (Å²) in [5.41, 5.74) is 7.69. The van der Waals surface area contributed by atoms with Crippen LogP contribution < -0.4 is 5.73 Å². The molecule has 13 heavy (non-hydrogen) atoms. The normalized spacial score (nSPS) is 19.1. The van der Waals surface area contributed by atoms with Gasteiger partial charge in [0.2, 0.25) is 0 Å². The van der Waals surface area contributed by atoms with Crippen LogP contribution in [0, 0.1) is 5.82 Å². The van der Waals surface area contributed by atoms with Gasteiger partial charge in [0.25, 0.3) is 0 Å². The van der Waals surface area contributed by atoms with Gasteiger partial charge in [-0.1, -0.05) is 18.2 Å². The Morgan fingerprint density at radius 3 is 3.00 bits per heavy atom. The van der Waals surface area contributed by atoms with Gasteiger partial charge in [0, 0.05) is 5.92 Å². The van der Waals surface area contributed by atoms with Crippen LogP contribution in [-0.4, -0.2) is 6.54 Å². The van der Waals surface area contributed by atoms with Crippen LogP contribution in [0.5, 0.6) is 0 Å². The molecule has 0 radical (unpaired) electrons. The first-order valence-corrected chi connectivity index (χ1v) is 4.49. The van der Waals surface area contributed by atoms with Gasteiger partial charge in [-0.25, -0.2) is 4.39 Å². The number of nitrogens with two attached hydrogens (primary N) is 1. The minimum Gasteiger partial charge on any atom is -0.330 e. The predicted molar refractivity (Wildman–Crippen MR) is 51.8 cm³/mol. The van der Waals surface area contributed by atoms with E-state index in [-0.39, 0.29) is 5.82 Å². The molecule has 1 aromatic carbocycles. The van der Waals surface area contributed by atoms with Gasteiger partial charge < -0.3 is 5.73 Å². The molecule has 1 aromatic rings. The Kier molecular flexibility index (Phi) is 2.15. The maximum absolute atomic E-state index is 12.8. The van der Waals surface area contributed by atoms with Crippen molar-refractivity contribution in [2.24, 2.45) is 5.73 Å². The number of hydrogen-bond donors (Lipinski definition) is 1. The minimum atomic E-state index is -0.170. The van der Waals surface area contributed by atoms with Crippen LogP contribution >= 0.6 is 0 Å². The number of halogens is 1. The van der Waals surface area contributed by atoms with E-state index in [1.165, 1.54) is 11.6 Å². The molecule has 0 bridgehead atoms. The van der Waals surface area contributed by atoms with Gasteiger partial charge in [0.1, 0.15) is 5.82 Å². The molecule has 1 unspecified atom stereocenters. The van der Waals surface area contributed by atoms with Crippen LogP contribution in [0.2, 0.25) is 0 Å². The van der Waals surface area contributed by atoms with Crippen molar-refractivity contribution in [1.82, 2.24) is 0 Å². The first kappa shape index (κ1) is 8.45. The number of hydrogen-bond acceptors (Lipinski definition) is 1. The van der Waals surface area contributed by atoms with E-state index >= 15 is 0 Å². The zero-order valence-corrected chi connectivity index (χ0v) is 7.33. The Labute approximate surface area is 77.1 Å². The van der Waals surface area contributed by atoms with Gasteiger partial charge in [0.15, 0.2) is 0 Å². The smallest absolute Gasteiger partial charge is 0.123 e. The molecule has 0 heterocycles. The fourth-order valence-corrected chi connectivity index (χ4v) is 1.78.